The molecule has 1 fully saturated rings. The average molecular weight is 349 g/mol. The molecule has 2 amide bonds. The lowest BCUT2D eigenvalue weighted by Crippen LogP contribution is -2.29. The molecule has 2 aromatic carbocycles. The number of furan rings is 1. The van der Waals surface area contributed by atoms with E-state index in [4.69, 9.17) is 4.42 Å². The van der Waals surface area contributed by atoms with Gasteiger partial charge < -0.3 is 20.0 Å². The number of nitrogens with one attached hydrogen (secondary N) is 2. The molecule has 0 bridgehead atoms. The van der Waals surface area contributed by atoms with Gasteiger partial charge in [0.25, 0.3) is 0 Å². The normalized spacial score (nSPS) is 15.9. The SMILES string of the molecule is CN1CCC(c2coc3ccc(NC(=O)Nc4ccccc4)cc23)CC1. The van der Waals surface area contributed by atoms with Crippen molar-refractivity contribution >= 4 is 28.4 Å². The largest absolute Gasteiger partial charge is 0.464 e. The Balaban J connectivity index is 1.51. The maximum absolute atomic E-state index is 12.2. The maximum atomic E-state index is 12.2. The molecular weight excluding hydrogens is 326 g/mol. The molecule has 1 aliphatic rings. The van der Waals surface area contributed by atoms with Gasteiger partial charge in [0.2, 0.25) is 0 Å². The van der Waals surface area contributed by atoms with Gasteiger partial charge in [-0.05, 0) is 69.2 Å². The van der Waals surface area contributed by atoms with Crippen LogP contribution in [-0.4, -0.2) is 31.1 Å². The lowest BCUT2D eigenvalue weighted by Gasteiger charge is -2.28. The van der Waals surface area contributed by atoms with Crippen molar-refractivity contribution < 1.29 is 9.21 Å². The van der Waals surface area contributed by atoms with Gasteiger partial charge >= 0.3 is 6.03 Å². The number of fused-ring (bicyclic) bond motifs is 1. The molecule has 0 radical (unpaired) electrons. The van der Waals surface area contributed by atoms with E-state index in [1.807, 2.05) is 54.8 Å². The molecule has 2 heterocycles. The maximum Gasteiger partial charge on any atom is 0.323 e. The Kier molecular flexibility index (Phi) is 4.63. The van der Waals surface area contributed by atoms with Gasteiger partial charge in [-0.25, -0.2) is 4.79 Å². The van der Waals surface area contributed by atoms with E-state index < -0.39 is 0 Å². The number of hydrogen-bond acceptors (Lipinski definition) is 3. The third kappa shape index (κ3) is 3.58. The van der Waals surface area contributed by atoms with Crippen molar-refractivity contribution in [2.45, 2.75) is 18.8 Å². The van der Waals surface area contributed by atoms with Crippen molar-refractivity contribution in [3.8, 4) is 0 Å². The first-order chi connectivity index (χ1) is 12.7. The van der Waals surface area contributed by atoms with Gasteiger partial charge in [0, 0.05) is 22.3 Å². The number of para-hydroxylation sites is 1. The van der Waals surface area contributed by atoms with Crippen LogP contribution in [0.2, 0.25) is 0 Å². The number of likely N-dealkylation sites (tertiary alicyclic amines) is 1. The van der Waals surface area contributed by atoms with E-state index in [-0.39, 0.29) is 6.03 Å². The quantitative estimate of drug-likeness (QED) is 0.708. The zero-order valence-electron chi connectivity index (χ0n) is 14.9. The molecule has 5 heteroatoms. The number of urea groups is 1. The Morgan fingerprint density at radius 1 is 1.04 bits per heavy atom. The summed E-state index contributed by atoms with van der Waals surface area (Å²) in [6.07, 6.45) is 4.16. The Morgan fingerprint density at radius 2 is 1.77 bits per heavy atom. The van der Waals surface area contributed by atoms with Crippen molar-refractivity contribution in [2.24, 2.45) is 0 Å². The van der Waals surface area contributed by atoms with Crippen molar-refractivity contribution in [3.63, 3.8) is 0 Å². The highest BCUT2D eigenvalue weighted by molar-refractivity contribution is 6.01. The molecule has 0 aliphatic carbocycles. The van der Waals surface area contributed by atoms with Gasteiger partial charge in [0.1, 0.15) is 5.58 Å². The van der Waals surface area contributed by atoms with Crippen LogP contribution in [0.25, 0.3) is 11.0 Å². The molecule has 3 aromatic rings. The molecule has 1 saturated heterocycles. The lowest BCUT2D eigenvalue weighted by molar-refractivity contribution is 0.255. The van der Waals surface area contributed by atoms with Crippen LogP contribution in [-0.2, 0) is 0 Å². The van der Waals surface area contributed by atoms with Gasteiger partial charge in [0.05, 0.1) is 6.26 Å². The lowest BCUT2D eigenvalue weighted by atomic mass is 9.89. The summed E-state index contributed by atoms with van der Waals surface area (Å²) in [5.74, 6) is 0.515. The second kappa shape index (κ2) is 7.22. The monoisotopic (exact) mass is 349 g/mol. The average Bonchev–Trinajstić information content (AvgIpc) is 3.06. The van der Waals surface area contributed by atoms with E-state index in [1.54, 1.807) is 0 Å². The van der Waals surface area contributed by atoms with Crippen LogP contribution < -0.4 is 10.6 Å². The summed E-state index contributed by atoms with van der Waals surface area (Å²) in [5.41, 5.74) is 3.65. The third-order valence-electron chi connectivity index (χ3n) is 5.05. The smallest absolute Gasteiger partial charge is 0.323 e. The van der Waals surface area contributed by atoms with Gasteiger partial charge in [-0.1, -0.05) is 18.2 Å². The molecule has 1 aromatic heterocycles. The van der Waals surface area contributed by atoms with Crippen molar-refractivity contribution in [1.82, 2.24) is 4.90 Å². The van der Waals surface area contributed by atoms with E-state index >= 15 is 0 Å². The Labute approximate surface area is 153 Å². The summed E-state index contributed by atoms with van der Waals surface area (Å²) in [6, 6.07) is 15.0. The van der Waals surface area contributed by atoms with Crippen LogP contribution >= 0.6 is 0 Å². The van der Waals surface area contributed by atoms with Crippen LogP contribution in [0.4, 0.5) is 16.2 Å². The number of amides is 2. The highest BCUT2D eigenvalue weighted by Crippen LogP contribution is 2.35. The van der Waals surface area contributed by atoms with Crippen molar-refractivity contribution in [2.75, 3.05) is 30.8 Å². The number of hydrogen-bond donors (Lipinski definition) is 2. The van der Waals surface area contributed by atoms with Gasteiger partial charge in [-0.2, -0.15) is 0 Å². The number of nitrogens with zero attached hydrogens (tertiary/aromatic N) is 1. The fraction of sp³-hybridized carbons (Fsp3) is 0.286. The van der Waals surface area contributed by atoms with Gasteiger partial charge in [-0.3, -0.25) is 0 Å². The van der Waals surface area contributed by atoms with Crippen LogP contribution in [0.5, 0.6) is 0 Å². The molecule has 134 valence electrons. The Bertz CT molecular complexity index is 896. The first-order valence-corrected chi connectivity index (χ1v) is 9.02. The van der Waals surface area contributed by atoms with Crippen molar-refractivity contribution in [3.05, 3.63) is 60.4 Å². The van der Waals surface area contributed by atoms with Crippen LogP contribution in [0.15, 0.2) is 59.2 Å². The minimum Gasteiger partial charge on any atom is -0.464 e. The molecule has 2 N–H and O–H groups in total. The summed E-state index contributed by atoms with van der Waals surface area (Å²) >= 11 is 0. The summed E-state index contributed by atoms with van der Waals surface area (Å²) in [4.78, 5) is 14.6. The highest BCUT2D eigenvalue weighted by Gasteiger charge is 2.22. The molecule has 5 nitrogen and oxygen atoms in total. The fourth-order valence-electron chi connectivity index (χ4n) is 3.58. The standard InChI is InChI=1S/C21H23N3O2/c1-24-11-9-15(10-12-24)19-14-26-20-8-7-17(13-18(19)20)23-21(25)22-16-5-3-2-4-6-16/h2-8,13-15H,9-12H2,1H3,(H2,22,23,25). The zero-order chi connectivity index (χ0) is 17.9. The molecule has 0 saturated carbocycles. The van der Waals surface area contributed by atoms with E-state index in [2.05, 4.69) is 22.6 Å². The highest BCUT2D eigenvalue weighted by atomic mass is 16.3. The van der Waals surface area contributed by atoms with Crippen LogP contribution in [0, 0.1) is 0 Å². The predicted molar refractivity (Wildman–Crippen MR) is 105 cm³/mol. The first kappa shape index (κ1) is 16.7. The van der Waals surface area contributed by atoms with Crippen LogP contribution in [0.3, 0.4) is 0 Å². The summed E-state index contributed by atoms with van der Waals surface area (Å²) < 4.78 is 5.74. The second-order valence-electron chi connectivity index (χ2n) is 6.92. The fourth-order valence-corrected chi connectivity index (χ4v) is 3.58. The van der Waals surface area contributed by atoms with Crippen LogP contribution in [0.1, 0.15) is 24.3 Å². The Hall–Kier alpha value is -2.79. The minimum atomic E-state index is -0.250. The van der Waals surface area contributed by atoms with E-state index in [0.717, 1.165) is 48.3 Å². The van der Waals surface area contributed by atoms with E-state index in [9.17, 15) is 4.79 Å². The number of piperidine rings is 1. The minimum absolute atomic E-state index is 0.250. The second-order valence-corrected chi connectivity index (χ2v) is 6.92. The summed E-state index contributed by atoms with van der Waals surface area (Å²) in [6.45, 7) is 2.21. The number of carbonyl (C=O) groups is 1. The molecule has 4 rings (SSSR count). The van der Waals surface area contributed by atoms with Gasteiger partial charge in [0.15, 0.2) is 0 Å². The molecule has 1 aliphatic heterocycles. The number of anilines is 2. The molecule has 0 spiro atoms. The topological polar surface area (TPSA) is 57.5 Å². The number of benzene rings is 2. The van der Waals surface area contributed by atoms with Gasteiger partial charge in [-0.15, -0.1) is 0 Å². The number of carbonyl (C=O) groups excluding carboxylic acids is 1. The summed E-state index contributed by atoms with van der Waals surface area (Å²) in [7, 11) is 2.16. The predicted octanol–water partition coefficient (Wildman–Crippen LogP) is 4.89. The van der Waals surface area contributed by atoms with E-state index in [0.29, 0.717) is 5.92 Å². The molecule has 26 heavy (non-hydrogen) atoms. The third-order valence-corrected chi connectivity index (χ3v) is 5.05. The molecule has 0 unspecified atom stereocenters. The van der Waals surface area contributed by atoms with E-state index in [1.165, 1.54) is 5.56 Å². The molecule has 0 atom stereocenters. The first-order valence-electron chi connectivity index (χ1n) is 9.02. The Morgan fingerprint density at radius 3 is 2.54 bits per heavy atom. The van der Waals surface area contributed by atoms with Crippen molar-refractivity contribution in [1.29, 1.82) is 0 Å². The summed E-state index contributed by atoms with van der Waals surface area (Å²) in [5, 5.41) is 6.84. The zero-order valence-corrected chi connectivity index (χ0v) is 14.9. The number of rotatable bonds is 3. The molecular formula is C21H23N3O2.